The summed E-state index contributed by atoms with van der Waals surface area (Å²) in [6, 6.07) is 9.91. The van der Waals surface area contributed by atoms with Crippen LogP contribution in [-0.4, -0.2) is 20.4 Å². The first-order valence-corrected chi connectivity index (χ1v) is 6.73. The molecule has 1 rings (SSSR count). The van der Waals surface area contributed by atoms with E-state index in [2.05, 4.69) is 6.58 Å². The molecule has 0 spiro atoms. The lowest BCUT2D eigenvalue weighted by atomic mass is 10.1. The second kappa shape index (κ2) is 6.00. The lowest BCUT2D eigenvalue weighted by Crippen LogP contribution is -2.00. The Balaban J connectivity index is 2.58. The molecular formula is C12H17O3P. The molecule has 0 heterocycles. The molecule has 0 saturated carbocycles. The van der Waals surface area contributed by atoms with Crippen molar-refractivity contribution in [3.05, 3.63) is 48.0 Å². The number of allylic oxidation sites excluding steroid dienone is 1. The first kappa shape index (κ1) is 13.2. The Bertz CT molecular complexity index is 379. The van der Waals surface area contributed by atoms with Crippen molar-refractivity contribution >= 4 is 7.60 Å². The molecule has 0 aromatic heterocycles. The first-order chi connectivity index (χ1) is 7.59. The molecule has 0 aliphatic carbocycles. The SMILES string of the molecule is C=C(Cc1ccccc1)CP(=O)(OC)OC. The minimum atomic E-state index is -2.97. The highest BCUT2D eigenvalue weighted by Crippen LogP contribution is 2.47. The highest BCUT2D eigenvalue weighted by Gasteiger charge is 2.21. The van der Waals surface area contributed by atoms with Crippen LogP contribution in [0.5, 0.6) is 0 Å². The van der Waals surface area contributed by atoms with Crippen molar-refractivity contribution < 1.29 is 13.6 Å². The summed E-state index contributed by atoms with van der Waals surface area (Å²) in [5.41, 5.74) is 1.99. The molecule has 0 unspecified atom stereocenters. The van der Waals surface area contributed by atoms with Crippen LogP contribution in [0.2, 0.25) is 0 Å². The average molecular weight is 240 g/mol. The molecule has 0 bridgehead atoms. The number of benzene rings is 1. The Labute approximate surface area is 96.6 Å². The van der Waals surface area contributed by atoms with Crippen LogP contribution in [0.3, 0.4) is 0 Å². The summed E-state index contributed by atoms with van der Waals surface area (Å²) in [4.78, 5) is 0. The molecule has 16 heavy (non-hydrogen) atoms. The highest BCUT2D eigenvalue weighted by molar-refractivity contribution is 7.54. The third-order valence-electron chi connectivity index (χ3n) is 2.27. The molecule has 1 aromatic carbocycles. The smallest absolute Gasteiger partial charge is 0.312 e. The van der Waals surface area contributed by atoms with Gasteiger partial charge in [-0.25, -0.2) is 0 Å². The molecule has 88 valence electrons. The van der Waals surface area contributed by atoms with Crippen molar-refractivity contribution in [1.82, 2.24) is 0 Å². The zero-order chi connectivity index (χ0) is 12.0. The van der Waals surface area contributed by atoms with E-state index in [1.54, 1.807) is 0 Å². The van der Waals surface area contributed by atoms with E-state index in [0.29, 0.717) is 6.42 Å². The predicted octanol–water partition coefficient (Wildman–Crippen LogP) is 3.27. The zero-order valence-electron chi connectivity index (χ0n) is 9.68. The lowest BCUT2D eigenvalue weighted by Gasteiger charge is -2.14. The molecule has 0 N–H and O–H groups in total. The van der Waals surface area contributed by atoms with Gasteiger partial charge in [0.1, 0.15) is 0 Å². The Hall–Kier alpha value is -0.890. The van der Waals surface area contributed by atoms with Gasteiger partial charge in [-0.3, -0.25) is 4.57 Å². The van der Waals surface area contributed by atoms with E-state index in [1.807, 2.05) is 30.3 Å². The van der Waals surface area contributed by atoms with E-state index >= 15 is 0 Å². The van der Waals surface area contributed by atoms with Gasteiger partial charge in [0.2, 0.25) is 0 Å². The van der Waals surface area contributed by atoms with Gasteiger partial charge in [0.15, 0.2) is 0 Å². The van der Waals surface area contributed by atoms with E-state index in [9.17, 15) is 4.57 Å². The monoisotopic (exact) mass is 240 g/mol. The molecular weight excluding hydrogens is 223 g/mol. The molecule has 0 aliphatic heterocycles. The molecule has 0 amide bonds. The summed E-state index contributed by atoms with van der Waals surface area (Å²) in [7, 11) is -0.196. The fourth-order valence-corrected chi connectivity index (χ4v) is 2.48. The zero-order valence-corrected chi connectivity index (χ0v) is 10.6. The summed E-state index contributed by atoms with van der Waals surface area (Å²) >= 11 is 0. The van der Waals surface area contributed by atoms with Crippen LogP contribution < -0.4 is 0 Å². The van der Waals surface area contributed by atoms with Crippen molar-refractivity contribution in [2.24, 2.45) is 0 Å². The molecule has 0 fully saturated rings. The molecule has 4 heteroatoms. The van der Waals surface area contributed by atoms with Crippen LogP contribution >= 0.6 is 7.60 Å². The fraction of sp³-hybridized carbons (Fsp3) is 0.333. The summed E-state index contributed by atoms with van der Waals surface area (Å²) in [5, 5.41) is 0. The van der Waals surface area contributed by atoms with E-state index < -0.39 is 7.60 Å². The summed E-state index contributed by atoms with van der Waals surface area (Å²) in [6.07, 6.45) is 0.951. The van der Waals surface area contributed by atoms with Crippen molar-refractivity contribution in [1.29, 1.82) is 0 Å². The normalized spacial score (nSPS) is 11.4. The van der Waals surface area contributed by atoms with Gasteiger partial charge in [-0.2, -0.15) is 0 Å². The molecule has 0 aliphatic rings. The number of hydrogen-bond acceptors (Lipinski definition) is 3. The fourth-order valence-electron chi connectivity index (χ4n) is 1.42. The second-order valence-corrected chi connectivity index (χ2v) is 5.81. The van der Waals surface area contributed by atoms with Crippen LogP contribution in [0.1, 0.15) is 5.56 Å². The Morgan fingerprint density at radius 1 is 1.25 bits per heavy atom. The quantitative estimate of drug-likeness (QED) is 0.565. The van der Waals surface area contributed by atoms with Gasteiger partial charge < -0.3 is 9.05 Å². The third-order valence-corrected chi connectivity index (χ3v) is 4.22. The standard InChI is InChI=1S/C12H17O3P/c1-11(10-16(13,14-2)15-3)9-12-7-5-4-6-8-12/h4-8H,1,9-10H2,2-3H3. The van der Waals surface area contributed by atoms with Gasteiger partial charge in [-0.05, 0) is 12.0 Å². The summed E-state index contributed by atoms with van der Waals surface area (Å²) < 4.78 is 21.6. The first-order valence-electron chi connectivity index (χ1n) is 5.01. The van der Waals surface area contributed by atoms with E-state index in [1.165, 1.54) is 14.2 Å². The van der Waals surface area contributed by atoms with Crippen molar-refractivity contribution in [2.45, 2.75) is 6.42 Å². The maximum Gasteiger partial charge on any atom is 0.334 e. The van der Waals surface area contributed by atoms with Gasteiger partial charge in [0.05, 0.1) is 6.16 Å². The average Bonchev–Trinajstić information content (AvgIpc) is 2.30. The predicted molar refractivity (Wildman–Crippen MR) is 65.8 cm³/mol. The van der Waals surface area contributed by atoms with Crippen LogP contribution in [0, 0.1) is 0 Å². The second-order valence-electron chi connectivity index (χ2n) is 3.55. The Morgan fingerprint density at radius 2 is 1.81 bits per heavy atom. The summed E-state index contributed by atoms with van der Waals surface area (Å²) in [6.45, 7) is 3.90. The maximum atomic E-state index is 11.8. The minimum absolute atomic E-state index is 0.259. The molecule has 1 aromatic rings. The van der Waals surface area contributed by atoms with Crippen molar-refractivity contribution in [2.75, 3.05) is 20.4 Å². The highest BCUT2D eigenvalue weighted by atomic mass is 31.2. The topological polar surface area (TPSA) is 35.5 Å². The maximum absolute atomic E-state index is 11.8. The van der Waals surface area contributed by atoms with Crippen LogP contribution in [0.25, 0.3) is 0 Å². The minimum Gasteiger partial charge on any atom is -0.312 e. The number of hydrogen-bond donors (Lipinski definition) is 0. The Morgan fingerprint density at radius 3 is 2.31 bits per heavy atom. The number of rotatable bonds is 6. The molecule has 0 saturated heterocycles. The largest absolute Gasteiger partial charge is 0.334 e. The van der Waals surface area contributed by atoms with Crippen LogP contribution in [-0.2, 0) is 20.0 Å². The van der Waals surface area contributed by atoms with E-state index in [-0.39, 0.29) is 6.16 Å². The van der Waals surface area contributed by atoms with Crippen molar-refractivity contribution in [3.8, 4) is 0 Å². The van der Waals surface area contributed by atoms with Crippen molar-refractivity contribution in [3.63, 3.8) is 0 Å². The van der Waals surface area contributed by atoms with E-state index in [4.69, 9.17) is 9.05 Å². The van der Waals surface area contributed by atoms with Crippen LogP contribution in [0.4, 0.5) is 0 Å². The van der Waals surface area contributed by atoms with E-state index in [0.717, 1.165) is 11.1 Å². The molecule has 0 atom stereocenters. The lowest BCUT2D eigenvalue weighted by molar-refractivity contribution is 0.278. The third kappa shape index (κ3) is 3.93. The van der Waals surface area contributed by atoms with Gasteiger partial charge in [-0.15, -0.1) is 0 Å². The van der Waals surface area contributed by atoms with Crippen LogP contribution in [0.15, 0.2) is 42.5 Å². The Kier molecular flexibility index (Phi) is 4.94. The van der Waals surface area contributed by atoms with Gasteiger partial charge in [0, 0.05) is 14.2 Å². The van der Waals surface area contributed by atoms with Gasteiger partial charge >= 0.3 is 7.60 Å². The van der Waals surface area contributed by atoms with Gasteiger partial charge in [-0.1, -0.05) is 42.5 Å². The molecule has 3 nitrogen and oxygen atoms in total. The molecule has 0 radical (unpaired) electrons. The van der Waals surface area contributed by atoms with Gasteiger partial charge in [0.25, 0.3) is 0 Å². The summed E-state index contributed by atoms with van der Waals surface area (Å²) in [5.74, 6) is 0.